The fourth-order valence-corrected chi connectivity index (χ4v) is 1.89. The van der Waals surface area contributed by atoms with E-state index in [-0.39, 0.29) is 0 Å². The zero-order valence-electron chi connectivity index (χ0n) is 9.37. The Kier molecular flexibility index (Phi) is 5.91. The number of halogens is 1. The molecule has 1 rings (SSSR count). The molecule has 0 N–H and O–H groups in total. The predicted octanol–water partition coefficient (Wildman–Crippen LogP) is 2.92. The fourth-order valence-electron chi connectivity index (χ4n) is 1.48. The summed E-state index contributed by atoms with van der Waals surface area (Å²) >= 11 is 3.56. The van der Waals surface area contributed by atoms with Crippen LogP contribution in [0, 0.1) is 0 Å². The molecular formula is C12H18BrNO. The number of rotatable bonds is 6. The van der Waals surface area contributed by atoms with Crippen molar-refractivity contribution in [2.24, 2.45) is 0 Å². The average molecular weight is 272 g/mol. The summed E-state index contributed by atoms with van der Waals surface area (Å²) in [7, 11) is 3.88. The molecule has 1 aromatic rings. The van der Waals surface area contributed by atoms with Crippen LogP contribution in [-0.2, 0) is 11.3 Å². The summed E-state index contributed by atoms with van der Waals surface area (Å²) in [5, 5.41) is 0. The van der Waals surface area contributed by atoms with Gasteiger partial charge in [-0.2, -0.15) is 0 Å². The van der Waals surface area contributed by atoms with E-state index in [9.17, 15) is 0 Å². The largest absolute Gasteiger partial charge is 0.385 e. The van der Waals surface area contributed by atoms with E-state index in [1.807, 2.05) is 6.07 Å². The van der Waals surface area contributed by atoms with Gasteiger partial charge in [-0.05, 0) is 25.1 Å². The summed E-state index contributed by atoms with van der Waals surface area (Å²) in [6, 6.07) is 8.34. The molecule has 0 radical (unpaired) electrons. The molecule has 0 aromatic heterocycles. The van der Waals surface area contributed by atoms with Crippen molar-refractivity contribution in [2.75, 3.05) is 27.3 Å². The topological polar surface area (TPSA) is 12.5 Å². The van der Waals surface area contributed by atoms with Crippen molar-refractivity contribution in [1.29, 1.82) is 0 Å². The van der Waals surface area contributed by atoms with Crippen LogP contribution in [0.1, 0.15) is 12.0 Å². The molecule has 0 unspecified atom stereocenters. The minimum atomic E-state index is 0.834. The second-order valence-electron chi connectivity index (χ2n) is 3.68. The molecule has 84 valence electrons. The smallest absolute Gasteiger partial charge is 0.0474 e. The molecule has 1 aromatic carbocycles. The molecule has 3 heteroatoms. The highest BCUT2D eigenvalue weighted by Crippen LogP contribution is 2.17. The first kappa shape index (κ1) is 12.7. The standard InChI is InChI=1S/C12H18BrNO/c1-14(8-5-9-15-2)10-11-6-3-4-7-12(11)13/h3-4,6-7H,5,8-10H2,1-2H3. The van der Waals surface area contributed by atoms with Gasteiger partial charge in [0.05, 0.1) is 0 Å². The van der Waals surface area contributed by atoms with Crippen LogP contribution in [0.3, 0.4) is 0 Å². The lowest BCUT2D eigenvalue weighted by Gasteiger charge is -2.17. The van der Waals surface area contributed by atoms with Gasteiger partial charge in [0.2, 0.25) is 0 Å². The molecule has 0 saturated carbocycles. The number of hydrogen-bond acceptors (Lipinski definition) is 2. The van der Waals surface area contributed by atoms with Crippen LogP contribution in [0.25, 0.3) is 0 Å². The van der Waals surface area contributed by atoms with Gasteiger partial charge in [-0.3, -0.25) is 0 Å². The van der Waals surface area contributed by atoms with E-state index in [2.05, 4.69) is 46.1 Å². The van der Waals surface area contributed by atoms with E-state index >= 15 is 0 Å². The van der Waals surface area contributed by atoms with Crippen molar-refractivity contribution in [1.82, 2.24) is 4.90 Å². The fraction of sp³-hybridized carbons (Fsp3) is 0.500. The van der Waals surface area contributed by atoms with E-state index in [4.69, 9.17) is 4.74 Å². The van der Waals surface area contributed by atoms with Crippen molar-refractivity contribution < 1.29 is 4.74 Å². The summed E-state index contributed by atoms with van der Waals surface area (Å²) in [5.41, 5.74) is 1.33. The van der Waals surface area contributed by atoms with Gasteiger partial charge in [-0.25, -0.2) is 0 Å². The maximum Gasteiger partial charge on any atom is 0.0474 e. The highest BCUT2D eigenvalue weighted by Gasteiger charge is 2.02. The van der Waals surface area contributed by atoms with E-state index < -0.39 is 0 Å². The maximum atomic E-state index is 5.03. The third-order valence-corrected chi connectivity index (χ3v) is 3.06. The number of benzene rings is 1. The molecule has 2 nitrogen and oxygen atoms in total. The quantitative estimate of drug-likeness (QED) is 0.738. The molecule has 0 aliphatic rings. The van der Waals surface area contributed by atoms with Gasteiger partial charge in [0.15, 0.2) is 0 Å². The van der Waals surface area contributed by atoms with E-state index in [0.717, 1.165) is 26.1 Å². The van der Waals surface area contributed by atoms with Gasteiger partial charge in [0, 0.05) is 31.3 Å². The maximum absolute atomic E-state index is 5.03. The van der Waals surface area contributed by atoms with Gasteiger partial charge >= 0.3 is 0 Å². The summed E-state index contributed by atoms with van der Waals surface area (Å²) in [6.07, 6.45) is 1.08. The van der Waals surface area contributed by atoms with E-state index in [1.54, 1.807) is 7.11 Å². The Morgan fingerprint density at radius 2 is 2.07 bits per heavy atom. The second kappa shape index (κ2) is 6.99. The normalized spacial score (nSPS) is 10.9. The van der Waals surface area contributed by atoms with Crippen molar-refractivity contribution >= 4 is 15.9 Å². The first-order valence-electron chi connectivity index (χ1n) is 5.15. The SMILES string of the molecule is COCCCN(C)Cc1ccccc1Br. The third kappa shape index (κ3) is 4.78. The lowest BCUT2D eigenvalue weighted by Crippen LogP contribution is -2.20. The van der Waals surface area contributed by atoms with Crippen LogP contribution < -0.4 is 0 Å². The zero-order chi connectivity index (χ0) is 11.1. The van der Waals surface area contributed by atoms with Crippen LogP contribution >= 0.6 is 15.9 Å². The summed E-state index contributed by atoms with van der Waals surface area (Å²) in [5.74, 6) is 0. The third-order valence-electron chi connectivity index (χ3n) is 2.29. The Morgan fingerprint density at radius 1 is 1.33 bits per heavy atom. The van der Waals surface area contributed by atoms with Crippen LogP contribution in [-0.4, -0.2) is 32.2 Å². The summed E-state index contributed by atoms with van der Waals surface area (Å²) < 4.78 is 6.21. The number of ether oxygens (including phenoxy) is 1. The molecule has 0 fully saturated rings. The van der Waals surface area contributed by atoms with Crippen LogP contribution in [0.4, 0.5) is 0 Å². The highest BCUT2D eigenvalue weighted by atomic mass is 79.9. The van der Waals surface area contributed by atoms with Crippen LogP contribution in [0.5, 0.6) is 0 Å². The molecule has 0 aliphatic heterocycles. The Balaban J connectivity index is 2.37. The molecule has 0 saturated heterocycles. The van der Waals surface area contributed by atoms with Crippen molar-refractivity contribution in [3.63, 3.8) is 0 Å². The molecular weight excluding hydrogens is 254 g/mol. The number of methoxy groups -OCH3 is 1. The monoisotopic (exact) mass is 271 g/mol. The minimum absolute atomic E-state index is 0.834. The molecule has 0 bridgehead atoms. The predicted molar refractivity (Wildman–Crippen MR) is 67.0 cm³/mol. The highest BCUT2D eigenvalue weighted by molar-refractivity contribution is 9.10. The van der Waals surface area contributed by atoms with Crippen molar-refractivity contribution in [3.05, 3.63) is 34.3 Å². The van der Waals surface area contributed by atoms with Gasteiger partial charge in [-0.15, -0.1) is 0 Å². The molecule has 0 heterocycles. The van der Waals surface area contributed by atoms with Gasteiger partial charge in [-0.1, -0.05) is 34.1 Å². The number of nitrogens with zero attached hydrogens (tertiary/aromatic N) is 1. The van der Waals surface area contributed by atoms with Crippen molar-refractivity contribution in [3.8, 4) is 0 Å². The zero-order valence-corrected chi connectivity index (χ0v) is 11.0. The Morgan fingerprint density at radius 3 is 2.73 bits per heavy atom. The first-order chi connectivity index (χ1) is 7.24. The second-order valence-corrected chi connectivity index (χ2v) is 4.53. The lowest BCUT2D eigenvalue weighted by atomic mass is 10.2. The van der Waals surface area contributed by atoms with Crippen LogP contribution in [0.2, 0.25) is 0 Å². The molecule has 0 atom stereocenters. The van der Waals surface area contributed by atoms with Gasteiger partial charge < -0.3 is 9.64 Å². The number of hydrogen-bond donors (Lipinski definition) is 0. The molecule has 0 aliphatic carbocycles. The summed E-state index contributed by atoms with van der Waals surface area (Å²) in [4.78, 5) is 2.30. The minimum Gasteiger partial charge on any atom is -0.385 e. The molecule has 0 amide bonds. The summed E-state index contributed by atoms with van der Waals surface area (Å²) in [6.45, 7) is 2.88. The Bertz CT molecular complexity index is 291. The molecule has 0 spiro atoms. The van der Waals surface area contributed by atoms with Gasteiger partial charge in [0.25, 0.3) is 0 Å². The van der Waals surface area contributed by atoms with E-state index in [1.165, 1.54) is 10.0 Å². The molecule has 15 heavy (non-hydrogen) atoms. The Hall–Kier alpha value is -0.380. The van der Waals surface area contributed by atoms with E-state index in [0.29, 0.717) is 0 Å². The van der Waals surface area contributed by atoms with Crippen molar-refractivity contribution in [2.45, 2.75) is 13.0 Å². The van der Waals surface area contributed by atoms with Crippen LogP contribution in [0.15, 0.2) is 28.7 Å². The lowest BCUT2D eigenvalue weighted by molar-refractivity contribution is 0.178. The first-order valence-corrected chi connectivity index (χ1v) is 5.94. The average Bonchev–Trinajstić information content (AvgIpc) is 2.22. The Labute approximate surface area is 100 Å². The van der Waals surface area contributed by atoms with Gasteiger partial charge in [0.1, 0.15) is 0 Å².